The van der Waals surface area contributed by atoms with E-state index in [0.29, 0.717) is 0 Å². The highest BCUT2D eigenvalue weighted by Gasteiger charge is 2.18. The van der Waals surface area contributed by atoms with Gasteiger partial charge in [0.2, 0.25) is 0 Å². The molecule has 0 saturated carbocycles. The number of carbonyl (C=O) groups is 1. The van der Waals surface area contributed by atoms with E-state index in [9.17, 15) is 4.79 Å². The Bertz CT molecular complexity index is 823. The highest BCUT2D eigenvalue weighted by molar-refractivity contribution is 7.18. The van der Waals surface area contributed by atoms with E-state index in [1.165, 1.54) is 7.11 Å². The fourth-order valence-corrected chi connectivity index (χ4v) is 3.23. The van der Waals surface area contributed by atoms with Crippen LogP contribution in [0.4, 0.5) is 0 Å². The van der Waals surface area contributed by atoms with Crippen LogP contribution in [0, 0.1) is 6.92 Å². The molecule has 0 amide bonds. The van der Waals surface area contributed by atoms with Gasteiger partial charge >= 0.3 is 5.97 Å². The number of methoxy groups -OCH3 is 1. The molecule has 6 nitrogen and oxygen atoms in total. The Morgan fingerprint density at radius 3 is 2.91 bits per heavy atom. The summed E-state index contributed by atoms with van der Waals surface area (Å²) in [6, 6.07) is 5.57. The standard InChI is InChI=1S/C15H14N4O2S/c1-9-13(12-7-11(15(20)21-3)18-19(12)2)22-14(17-9)10-5-4-6-16-8-10/h4-8H,1-3H3. The lowest BCUT2D eigenvalue weighted by atomic mass is 10.2. The van der Waals surface area contributed by atoms with Crippen LogP contribution >= 0.6 is 11.3 Å². The molecule has 0 fully saturated rings. The molecule has 3 rings (SSSR count). The van der Waals surface area contributed by atoms with Crippen LogP contribution in [0.5, 0.6) is 0 Å². The van der Waals surface area contributed by atoms with Crippen molar-refractivity contribution in [3.05, 3.63) is 42.0 Å². The van der Waals surface area contributed by atoms with Crippen LogP contribution < -0.4 is 0 Å². The average molecular weight is 314 g/mol. The summed E-state index contributed by atoms with van der Waals surface area (Å²) in [7, 11) is 3.14. The summed E-state index contributed by atoms with van der Waals surface area (Å²) < 4.78 is 6.38. The molecular weight excluding hydrogens is 300 g/mol. The van der Waals surface area contributed by atoms with Crippen molar-refractivity contribution < 1.29 is 9.53 Å². The molecule has 0 aliphatic carbocycles. The Kier molecular flexibility index (Phi) is 3.72. The Hall–Kier alpha value is -2.54. The van der Waals surface area contributed by atoms with Crippen LogP contribution in [-0.2, 0) is 11.8 Å². The summed E-state index contributed by atoms with van der Waals surface area (Å²) >= 11 is 1.55. The molecule has 0 spiro atoms. The van der Waals surface area contributed by atoms with E-state index in [0.717, 1.165) is 26.8 Å². The minimum atomic E-state index is -0.448. The lowest BCUT2D eigenvalue weighted by Crippen LogP contribution is -2.02. The first kappa shape index (κ1) is 14.4. The summed E-state index contributed by atoms with van der Waals surface area (Å²) in [6.07, 6.45) is 3.51. The van der Waals surface area contributed by atoms with Gasteiger partial charge in [0.05, 0.1) is 23.4 Å². The van der Waals surface area contributed by atoms with E-state index >= 15 is 0 Å². The van der Waals surface area contributed by atoms with Crippen LogP contribution in [0.15, 0.2) is 30.6 Å². The molecule has 0 N–H and O–H groups in total. The van der Waals surface area contributed by atoms with Gasteiger partial charge in [-0.25, -0.2) is 9.78 Å². The number of aryl methyl sites for hydroxylation is 2. The fourth-order valence-electron chi connectivity index (χ4n) is 2.13. The van der Waals surface area contributed by atoms with Crippen molar-refractivity contribution in [3.8, 4) is 21.1 Å². The number of aromatic nitrogens is 4. The number of thiazole rings is 1. The average Bonchev–Trinajstić information content (AvgIpc) is 3.10. The van der Waals surface area contributed by atoms with E-state index in [-0.39, 0.29) is 5.69 Å². The Labute approximate surface area is 131 Å². The third-order valence-corrected chi connectivity index (χ3v) is 4.44. The molecule has 0 saturated heterocycles. The topological polar surface area (TPSA) is 69.9 Å². The number of hydrogen-bond acceptors (Lipinski definition) is 6. The second kappa shape index (κ2) is 5.69. The van der Waals surface area contributed by atoms with Crippen molar-refractivity contribution in [3.63, 3.8) is 0 Å². The number of nitrogens with zero attached hydrogens (tertiary/aromatic N) is 4. The van der Waals surface area contributed by atoms with Gasteiger partial charge in [-0.1, -0.05) is 0 Å². The first-order valence-electron chi connectivity index (χ1n) is 6.60. The highest BCUT2D eigenvalue weighted by Crippen LogP contribution is 2.34. The van der Waals surface area contributed by atoms with E-state index < -0.39 is 5.97 Å². The number of carbonyl (C=O) groups excluding carboxylic acids is 1. The van der Waals surface area contributed by atoms with Crippen molar-refractivity contribution in [2.45, 2.75) is 6.92 Å². The SMILES string of the molecule is COC(=O)c1cc(-c2sc(-c3cccnc3)nc2C)n(C)n1. The Balaban J connectivity index is 2.05. The van der Waals surface area contributed by atoms with Crippen molar-refractivity contribution in [2.24, 2.45) is 7.05 Å². The molecule has 112 valence electrons. The predicted molar refractivity (Wildman–Crippen MR) is 83.6 cm³/mol. The maximum absolute atomic E-state index is 11.6. The van der Waals surface area contributed by atoms with E-state index in [4.69, 9.17) is 4.74 Å². The normalized spacial score (nSPS) is 10.7. The molecule has 0 aromatic carbocycles. The summed E-state index contributed by atoms with van der Waals surface area (Å²) in [5.74, 6) is -0.448. The summed E-state index contributed by atoms with van der Waals surface area (Å²) in [4.78, 5) is 21.3. The van der Waals surface area contributed by atoms with Crippen LogP contribution in [0.3, 0.4) is 0 Å². The van der Waals surface area contributed by atoms with Gasteiger partial charge in [-0.15, -0.1) is 11.3 Å². The number of ether oxygens (including phenoxy) is 1. The van der Waals surface area contributed by atoms with Crippen LogP contribution in [0.1, 0.15) is 16.2 Å². The van der Waals surface area contributed by atoms with E-state index in [1.54, 1.807) is 41.5 Å². The molecule has 3 heterocycles. The zero-order valence-corrected chi connectivity index (χ0v) is 13.2. The van der Waals surface area contributed by atoms with Gasteiger partial charge in [0.25, 0.3) is 0 Å². The molecule has 0 radical (unpaired) electrons. The highest BCUT2D eigenvalue weighted by atomic mass is 32.1. The van der Waals surface area contributed by atoms with Crippen molar-refractivity contribution >= 4 is 17.3 Å². The van der Waals surface area contributed by atoms with Gasteiger partial charge in [0.1, 0.15) is 5.01 Å². The molecule has 3 aromatic rings. The predicted octanol–water partition coefficient (Wildman–Crippen LogP) is 2.70. The van der Waals surface area contributed by atoms with Gasteiger partial charge < -0.3 is 4.74 Å². The van der Waals surface area contributed by atoms with Gasteiger partial charge in [0, 0.05) is 25.0 Å². The van der Waals surface area contributed by atoms with Crippen LogP contribution in [0.25, 0.3) is 21.1 Å². The Morgan fingerprint density at radius 2 is 2.23 bits per heavy atom. The molecule has 3 aromatic heterocycles. The molecule has 0 bridgehead atoms. The fraction of sp³-hybridized carbons (Fsp3) is 0.200. The zero-order chi connectivity index (χ0) is 15.7. The largest absolute Gasteiger partial charge is 0.464 e. The minimum absolute atomic E-state index is 0.288. The maximum atomic E-state index is 11.6. The minimum Gasteiger partial charge on any atom is -0.464 e. The number of hydrogen-bond donors (Lipinski definition) is 0. The van der Waals surface area contributed by atoms with Crippen molar-refractivity contribution in [1.29, 1.82) is 0 Å². The second-order valence-electron chi connectivity index (χ2n) is 4.71. The summed E-state index contributed by atoms with van der Waals surface area (Å²) in [6.45, 7) is 1.94. The van der Waals surface area contributed by atoms with Gasteiger partial charge in [-0.3, -0.25) is 9.67 Å². The maximum Gasteiger partial charge on any atom is 0.358 e. The third-order valence-electron chi connectivity index (χ3n) is 3.21. The molecule has 0 unspecified atom stereocenters. The van der Waals surface area contributed by atoms with Gasteiger partial charge in [-0.05, 0) is 25.1 Å². The van der Waals surface area contributed by atoms with Gasteiger partial charge in [-0.2, -0.15) is 5.10 Å². The van der Waals surface area contributed by atoms with Gasteiger partial charge in [0.15, 0.2) is 5.69 Å². The number of rotatable bonds is 3. The lowest BCUT2D eigenvalue weighted by molar-refractivity contribution is 0.0593. The molecule has 0 aliphatic rings. The molecule has 0 atom stereocenters. The molecular formula is C15H14N4O2S. The summed E-state index contributed by atoms with van der Waals surface area (Å²) in [5, 5.41) is 5.08. The first-order chi connectivity index (χ1) is 10.6. The monoisotopic (exact) mass is 314 g/mol. The molecule has 7 heteroatoms. The van der Waals surface area contributed by atoms with Crippen molar-refractivity contribution in [2.75, 3.05) is 7.11 Å². The number of pyridine rings is 1. The zero-order valence-electron chi connectivity index (χ0n) is 12.4. The van der Waals surface area contributed by atoms with Crippen LogP contribution in [0.2, 0.25) is 0 Å². The van der Waals surface area contributed by atoms with E-state index in [1.807, 2.05) is 19.1 Å². The lowest BCUT2D eigenvalue weighted by Gasteiger charge is -1.97. The first-order valence-corrected chi connectivity index (χ1v) is 7.42. The number of esters is 1. The Morgan fingerprint density at radius 1 is 1.41 bits per heavy atom. The quantitative estimate of drug-likeness (QED) is 0.695. The summed E-state index contributed by atoms with van der Waals surface area (Å²) in [5.41, 5.74) is 2.99. The second-order valence-corrected chi connectivity index (χ2v) is 5.70. The smallest absolute Gasteiger partial charge is 0.358 e. The van der Waals surface area contributed by atoms with Crippen LogP contribution in [-0.4, -0.2) is 32.8 Å². The van der Waals surface area contributed by atoms with Crippen molar-refractivity contribution in [1.82, 2.24) is 19.7 Å². The molecule has 22 heavy (non-hydrogen) atoms. The molecule has 0 aliphatic heterocycles. The van der Waals surface area contributed by atoms with E-state index in [2.05, 4.69) is 15.1 Å². The third kappa shape index (κ3) is 2.50.